The Bertz CT molecular complexity index is 413. The Morgan fingerprint density at radius 2 is 1.81 bits per heavy atom. The van der Waals surface area contributed by atoms with Crippen LogP contribution in [0.15, 0.2) is 12.4 Å². The first kappa shape index (κ1) is 16.2. The Morgan fingerprint density at radius 1 is 1.19 bits per heavy atom. The van der Waals surface area contributed by atoms with Crippen LogP contribution in [0.5, 0.6) is 0 Å². The van der Waals surface area contributed by atoms with Gasteiger partial charge in [0.15, 0.2) is 0 Å². The highest BCUT2D eigenvalue weighted by Crippen LogP contribution is 2.34. The van der Waals surface area contributed by atoms with Crippen molar-refractivity contribution in [3.05, 3.63) is 18.0 Å². The summed E-state index contributed by atoms with van der Waals surface area (Å²) < 4.78 is 0. The highest BCUT2D eigenvalue weighted by atomic mass is 15.2. The number of nitrogens with zero attached hydrogens (tertiary/aromatic N) is 3. The van der Waals surface area contributed by atoms with Gasteiger partial charge in [-0.25, -0.2) is 9.97 Å². The fraction of sp³-hybridized carbons (Fsp3) is 0.765. The molecule has 2 heterocycles. The van der Waals surface area contributed by atoms with E-state index in [1.807, 2.05) is 12.4 Å². The van der Waals surface area contributed by atoms with Gasteiger partial charge in [0.25, 0.3) is 0 Å². The third kappa shape index (κ3) is 4.67. The molecule has 0 radical (unpaired) electrons. The molecule has 0 aliphatic carbocycles. The summed E-state index contributed by atoms with van der Waals surface area (Å²) in [5, 5.41) is 3.38. The van der Waals surface area contributed by atoms with Crippen LogP contribution >= 0.6 is 0 Å². The lowest BCUT2D eigenvalue weighted by Gasteiger charge is -2.38. The van der Waals surface area contributed by atoms with E-state index in [-0.39, 0.29) is 0 Å². The van der Waals surface area contributed by atoms with Crippen molar-refractivity contribution in [2.75, 3.05) is 24.5 Å². The molecule has 1 fully saturated rings. The minimum absolute atomic E-state index is 0.418. The molecule has 0 spiro atoms. The molecule has 4 heteroatoms. The SMILES string of the molecule is CCCNCc1cnc(N2CCC(C(C)(C)C)CC2)nc1. The third-order valence-corrected chi connectivity index (χ3v) is 4.45. The van der Waals surface area contributed by atoms with Crippen LogP contribution in [0.25, 0.3) is 0 Å². The average molecular weight is 290 g/mol. The summed E-state index contributed by atoms with van der Waals surface area (Å²) in [5.74, 6) is 1.70. The minimum atomic E-state index is 0.418. The van der Waals surface area contributed by atoms with Crippen LogP contribution in [0.3, 0.4) is 0 Å². The number of hydrogen-bond acceptors (Lipinski definition) is 4. The highest BCUT2D eigenvalue weighted by Gasteiger charge is 2.29. The maximum absolute atomic E-state index is 4.54. The van der Waals surface area contributed by atoms with Crippen molar-refractivity contribution in [1.82, 2.24) is 15.3 Å². The summed E-state index contributed by atoms with van der Waals surface area (Å²) >= 11 is 0. The second-order valence-corrected chi connectivity index (χ2v) is 7.20. The molecule has 0 unspecified atom stereocenters. The van der Waals surface area contributed by atoms with Crippen LogP contribution in [-0.4, -0.2) is 29.6 Å². The fourth-order valence-electron chi connectivity index (χ4n) is 2.96. The van der Waals surface area contributed by atoms with Crippen LogP contribution in [-0.2, 0) is 6.54 Å². The number of nitrogens with one attached hydrogen (secondary N) is 1. The molecule has 2 rings (SSSR count). The maximum atomic E-state index is 4.54. The van der Waals surface area contributed by atoms with Gasteiger partial charge in [-0.3, -0.25) is 0 Å². The minimum Gasteiger partial charge on any atom is -0.341 e. The molecular weight excluding hydrogens is 260 g/mol. The van der Waals surface area contributed by atoms with E-state index < -0.39 is 0 Å². The van der Waals surface area contributed by atoms with Crippen molar-refractivity contribution >= 4 is 5.95 Å². The topological polar surface area (TPSA) is 41.1 Å². The molecule has 1 saturated heterocycles. The molecule has 1 aliphatic rings. The predicted molar refractivity (Wildman–Crippen MR) is 88.4 cm³/mol. The standard InChI is InChI=1S/C17H30N4/c1-5-8-18-11-14-12-19-16(20-13-14)21-9-6-15(7-10-21)17(2,3)4/h12-13,15,18H,5-11H2,1-4H3. The zero-order valence-corrected chi connectivity index (χ0v) is 14.0. The molecular formula is C17H30N4. The number of hydrogen-bond donors (Lipinski definition) is 1. The zero-order valence-electron chi connectivity index (χ0n) is 14.0. The molecule has 0 aromatic carbocycles. The molecule has 1 aliphatic heterocycles. The van der Waals surface area contributed by atoms with Crippen molar-refractivity contribution in [1.29, 1.82) is 0 Å². The second-order valence-electron chi connectivity index (χ2n) is 7.20. The fourth-order valence-corrected chi connectivity index (χ4v) is 2.96. The van der Waals surface area contributed by atoms with Crippen LogP contribution < -0.4 is 10.2 Å². The smallest absolute Gasteiger partial charge is 0.225 e. The molecule has 21 heavy (non-hydrogen) atoms. The maximum Gasteiger partial charge on any atom is 0.225 e. The predicted octanol–water partition coefficient (Wildman–Crippen LogP) is 3.24. The third-order valence-electron chi connectivity index (χ3n) is 4.45. The first-order chi connectivity index (χ1) is 10.0. The quantitative estimate of drug-likeness (QED) is 0.845. The Balaban J connectivity index is 1.86. The first-order valence-corrected chi connectivity index (χ1v) is 8.27. The molecule has 118 valence electrons. The van der Waals surface area contributed by atoms with Gasteiger partial charge in [0.1, 0.15) is 0 Å². The normalized spacial score (nSPS) is 17.2. The van der Waals surface area contributed by atoms with Gasteiger partial charge in [-0.1, -0.05) is 27.7 Å². The van der Waals surface area contributed by atoms with E-state index in [4.69, 9.17) is 0 Å². The summed E-state index contributed by atoms with van der Waals surface area (Å²) in [4.78, 5) is 11.4. The summed E-state index contributed by atoms with van der Waals surface area (Å²) in [7, 11) is 0. The summed E-state index contributed by atoms with van der Waals surface area (Å²) in [6, 6.07) is 0. The van der Waals surface area contributed by atoms with E-state index in [0.29, 0.717) is 5.41 Å². The van der Waals surface area contributed by atoms with E-state index >= 15 is 0 Å². The van der Waals surface area contributed by atoms with E-state index in [2.05, 4.69) is 47.9 Å². The monoisotopic (exact) mass is 290 g/mol. The van der Waals surface area contributed by atoms with Gasteiger partial charge in [-0.05, 0) is 37.1 Å². The van der Waals surface area contributed by atoms with Crippen LogP contribution in [0, 0.1) is 11.3 Å². The molecule has 0 atom stereocenters. The number of rotatable bonds is 5. The lowest BCUT2D eigenvalue weighted by Crippen LogP contribution is -2.38. The van der Waals surface area contributed by atoms with E-state index in [1.165, 1.54) is 12.8 Å². The lowest BCUT2D eigenvalue weighted by atomic mass is 9.75. The van der Waals surface area contributed by atoms with Crippen molar-refractivity contribution in [3.63, 3.8) is 0 Å². The summed E-state index contributed by atoms with van der Waals surface area (Å²) in [5.41, 5.74) is 1.58. The van der Waals surface area contributed by atoms with Crippen molar-refractivity contribution in [2.24, 2.45) is 11.3 Å². The summed E-state index contributed by atoms with van der Waals surface area (Å²) in [6.45, 7) is 13.3. The molecule has 1 aromatic heterocycles. The van der Waals surface area contributed by atoms with Gasteiger partial charge in [-0.2, -0.15) is 0 Å². The molecule has 0 bridgehead atoms. The van der Waals surface area contributed by atoms with Crippen molar-refractivity contribution < 1.29 is 0 Å². The Hall–Kier alpha value is -1.16. The molecule has 1 N–H and O–H groups in total. The van der Waals surface area contributed by atoms with Gasteiger partial charge in [0.2, 0.25) is 5.95 Å². The van der Waals surface area contributed by atoms with E-state index in [0.717, 1.165) is 50.0 Å². The van der Waals surface area contributed by atoms with Gasteiger partial charge in [0.05, 0.1) is 0 Å². The number of aromatic nitrogens is 2. The van der Waals surface area contributed by atoms with Crippen LogP contribution in [0.1, 0.15) is 52.5 Å². The Kier molecular flexibility index (Phi) is 5.57. The van der Waals surface area contributed by atoms with Gasteiger partial charge >= 0.3 is 0 Å². The van der Waals surface area contributed by atoms with Crippen molar-refractivity contribution in [2.45, 2.75) is 53.5 Å². The second kappa shape index (κ2) is 7.21. The first-order valence-electron chi connectivity index (χ1n) is 8.27. The lowest BCUT2D eigenvalue weighted by molar-refractivity contribution is 0.198. The molecule has 4 nitrogen and oxygen atoms in total. The van der Waals surface area contributed by atoms with Crippen LogP contribution in [0.2, 0.25) is 0 Å². The molecule has 0 amide bonds. The Labute approximate surface area is 129 Å². The largest absolute Gasteiger partial charge is 0.341 e. The zero-order chi connectivity index (χ0) is 15.3. The van der Waals surface area contributed by atoms with Gasteiger partial charge in [-0.15, -0.1) is 0 Å². The molecule has 0 saturated carbocycles. The molecule has 1 aromatic rings. The van der Waals surface area contributed by atoms with Gasteiger partial charge in [0, 0.05) is 37.6 Å². The number of anilines is 1. The van der Waals surface area contributed by atoms with Crippen molar-refractivity contribution in [3.8, 4) is 0 Å². The number of piperidine rings is 1. The Morgan fingerprint density at radius 3 is 2.33 bits per heavy atom. The van der Waals surface area contributed by atoms with E-state index in [9.17, 15) is 0 Å². The van der Waals surface area contributed by atoms with E-state index in [1.54, 1.807) is 0 Å². The van der Waals surface area contributed by atoms with Gasteiger partial charge < -0.3 is 10.2 Å². The van der Waals surface area contributed by atoms with Crippen LogP contribution in [0.4, 0.5) is 5.95 Å². The highest BCUT2D eigenvalue weighted by molar-refractivity contribution is 5.30. The summed E-state index contributed by atoms with van der Waals surface area (Å²) in [6.07, 6.45) is 7.56. The average Bonchev–Trinajstić information content (AvgIpc) is 2.48.